The topological polar surface area (TPSA) is 62.2 Å². The number of nitrogens with zero attached hydrogens (tertiary/aromatic N) is 2. The van der Waals surface area contributed by atoms with E-state index in [1.54, 1.807) is 15.2 Å². The van der Waals surface area contributed by atoms with E-state index in [-0.39, 0.29) is 11.7 Å². The van der Waals surface area contributed by atoms with Gasteiger partial charge >= 0.3 is 5.69 Å². The van der Waals surface area contributed by atoms with Crippen molar-refractivity contribution < 1.29 is 4.74 Å². The standard InChI is InChI=1S/C15H21N3O2/c1-12(2)18-9-8-17(15(18)19)7-4-10-20-14-6-3-5-13(16)11-14/h3,5-6,8-9,11-12H,4,7,10,16H2,1-2H3. The normalized spacial score (nSPS) is 10.9. The van der Waals surface area contributed by atoms with Crippen molar-refractivity contribution >= 4 is 5.69 Å². The molecule has 2 N–H and O–H groups in total. The summed E-state index contributed by atoms with van der Waals surface area (Å²) < 4.78 is 9.03. The van der Waals surface area contributed by atoms with Gasteiger partial charge < -0.3 is 10.5 Å². The number of aryl methyl sites for hydroxylation is 1. The molecule has 5 nitrogen and oxygen atoms in total. The largest absolute Gasteiger partial charge is 0.493 e. The number of hydrogen-bond acceptors (Lipinski definition) is 3. The number of imidazole rings is 1. The molecule has 0 amide bonds. The van der Waals surface area contributed by atoms with Gasteiger partial charge in [-0.05, 0) is 32.4 Å². The van der Waals surface area contributed by atoms with E-state index >= 15 is 0 Å². The molecule has 0 bridgehead atoms. The van der Waals surface area contributed by atoms with Crippen molar-refractivity contribution in [2.24, 2.45) is 0 Å². The van der Waals surface area contributed by atoms with Gasteiger partial charge in [0, 0.05) is 36.7 Å². The van der Waals surface area contributed by atoms with Gasteiger partial charge in [-0.25, -0.2) is 4.79 Å². The fraction of sp³-hybridized carbons (Fsp3) is 0.400. The van der Waals surface area contributed by atoms with Crippen molar-refractivity contribution in [2.45, 2.75) is 32.9 Å². The van der Waals surface area contributed by atoms with E-state index in [4.69, 9.17) is 10.5 Å². The smallest absolute Gasteiger partial charge is 0.328 e. The van der Waals surface area contributed by atoms with Crippen molar-refractivity contribution in [3.05, 3.63) is 47.1 Å². The van der Waals surface area contributed by atoms with E-state index in [0.717, 1.165) is 12.2 Å². The lowest BCUT2D eigenvalue weighted by Crippen LogP contribution is -2.25. The Labute approximate surface area is 118 Å². The lowest BCUT2D eigenvalue weighted by atomic mass is 10.3. The zero-order valence-corrected chi connectivity index (χ0v) is 12.0. The average Bonchev–Trinajstić information content (AvgIpc) is 2.76. The van der Waals surface area contributed by atoms with E-state index in [1.165, 1.54) is 0 Å². The van der Waals surface area contributed by atoms with Crippen LogP contribution in [-0.4, -0.2) is 15.7 Å². The fourth-order valence-electron chi connectivity index (χ4n) is 2.02. The van der Waals surface area contributed by atoms with Crippen LogP contribution in [0.15, 0.2) is 41.5 Å². The number of hydrogen-bond donors (Lipinski definition) is 1. The molecule has 5 heteroatoms. The predicted molar refractivity (Wildman–Crippen MR) is 80.0 cm³/mol. The summed E-state index contributed by atoms with van der Waals surface area (Å²) in [7, 11) is 0. The minimum absolute atomic E-state index is 0.0314. The highest BCUT2D eigenvalue weighted by Crippen LogP contribution is 2.14. The highest BCUT2D eigenvalue weighted by molar-refractivity contribution is 5.43. The Morgan fingerprint density at radius 2 is 2.10 bits per heavy atom. The maximum absolute atomic E-state index is 12.0. The molecule has 0 atom stereocenters. The van der Waals surface area contributed by atoms with E-state index in [0.29, 0.717) is 18.8 Å². The molecule has 0 aliphatic carbocycles. The maximum atomic E-state index is 12.0. The molecule has 2 rings (SSSR count). The van der Waals surface area contributed by atoms with Gasteiger partial charge in [0.1, 0.15) is 5.75 Å². The van der Waals surface area contributed by atoms with E-state index in [1.807, 2.05) is 44.4 Å². The number of nitrogen functional groups attached to an aromatic ring is 1. The third kappa shape index (κ3) is 3.44. The number of anilines is 1. The summed E-state index contributed by atoms with van der Waals surface area (Å²) in [6.07, 6.45) is 4.42. The summed E-state index contributed by atoms with van der Waals surface area (Å²) in [5.74, 6) is 0.761. The predicted octanol–water partition coefficient (Wildman–Crippen LogP) is 2.28. The van der Waals surface area contributed by atoms with Crippen LogP contribution in [0.1, 0.15) is 26.3 Å². The molecule has 0 aliphatic rings. The van der Waals surface area contributed by atoms with Gasteiger partial charge in [-0.3, -0.25) is 9.13 Å². The molecule has 0 saturated heterocycles. The van der Waals surface area contributed by atoms with Crippen LogP contribution in [0, 0.1) is 0 Å². The average molecular weight is 275 g/mol. The van der Waals surface area contributed by atoms with Crippen LogP contribution in [0.25, 0.3) is 0 Å². The monoisotopic (exact) mass is 275 g/mol. The first-order chi connectivity index (χ1) is 9.58. The Hall–Kier alpha value is -2.17. The van der Waals surface area contributed by atoms with Crippen LogP contribution in [0.4, 0.5) is 5.69 Å². The fourth-order valence-corrected chi connectivity index (χ4v) is 2.02. The van der Waals surface area contributed by atoms with Crippen LogP contribution in [0.3, 0.4) is 0 Å². The molecular formula is C15H21N3O2. The van der Waals surface area contributed by atoms with Crippen LogP contribution >= 0.6 is 0 Å². The Morgan fingerprint density at radius 1 is 1.30 bits per heavy atom. The van der Waals surface area contributed by atoms with Gasteiger partial charge in [0.2, 0.25) is 0 Å². The second-order valence-electron chi connectivity index (χ2n) is 5.05. The third-order valence-corrected chi connectivity index (χ3v) is 3.10. The quantitative estimate of drug-likeness (QED) is 0.650. The van der Waals surface area contributed by atoms with Crippen LogP contribution in [-0.2, 0) is 6.54 Å². The zero-order valence-electron chi connectivity index (χ0n) is 12.0. The number of ether oxygens (including phenoxy) is 1. The Bertz CT molecular complexity index is 614. The Balaban J connectivity index is 1.83. The van der Waals surface area contributed by atoms with Gasteiger partial charge in [-0.2, -0.15) is 0 Å². The van der Waals surface area contributed by atoms with E-state index < -0.39 is 0 Å². The maximum Gasteiger partial charge on any atom is 0.328 e. The van der Waals surface area contributed by atoms with Crippen molar-refractivity contribution in [1.82, 2.24) is 9.13 Å². The zero-order chi connectivity index (χ0) is 14.5. The molecule has 0 spiro atoms. The van der Waals surface area contributed by atoms with Gasteiger partial charge in [0.25, 0.3) is 0 Å². The Morgan fingerprint density at radius 3 is 2.75 bits per heavy atom. The van der Waals surface area contributed by atoms with Gasteiger partial charge in [0.05, 0.1) is 6.61 Å². The number of aromatic nitrogens is 2. The summed E-state index contributed by atoms with van der Waals surface area (Å²) in [6, 6.07) is 7.53. The summed E-state index contributed by atoms with van der Waals surface area (Å²) in [5, 5.41) is 0. The number of rotatable bonds is 6. The van der Waals surface area contributed by atoms with Crippen molar-refractivity contribution in [1.29, 1.82) is 0 Å². The van der Waals surface area contributed by atoms with E-state index in [9.17, 15) is 4.79 Å². The molecule has 0 radical (unpaired) electrons. The summed E-state index contributed by atoms with van der Waals surface area (Å²) in [4.78, 5) is 12.0. The minimum atomic E-state index is 0.0314. The molecule has 1 heterocycles. The second-order valence-corrected chi connectivity index (χ2v) is 5.05. The lowest BCUT2D eigenvalue weighted by Gasteiger charge is -2.07. The molecule has 1 aromatic carbocycles. The first-order valence-electron chi connectivity index (χ1n) is 6.83. The molecule has 1 aromatic heterocycles. The highest BCUT2D eigenvalue weighted by Gasteiger charge is 2.05. The van der Waals surface area contributed by atoms with Crippen LogP contribution < -0.4 is 16.2 Å². The number of nitrogens with two attached hydrogens (primary N) is 1. The summed E-state index contributed by atoms with van der Waals surface area (Å²) in [6.45, 7) is 5.20. The van der Waals surface area contributed by atoms with Crippen LogP contribution in [0.5, 0.6) is 5.75 Å². The molecule has 0 aliphatic heterocycles. The van der Waals surface area contributed by atoms with Gasteiger partial charge in [-0.1, -0.05) is 6.07 Å². The van der Waals surface area contributed by atoms with Crippen molar-refractivity contribution in [3.8, 4) is 5.75 Å². The lowest BCUT2D eigenvalue weighted by molar-refractivity contribution is 0.300. The summed E-state index contributed by atoms with van der Waals surface area (Å²) >= 11 is 0. The molecule has 108 valence electrons. The molecule has 0 fully saturated rings. The van der Waals surface area contributed by atoms with Crippen molar-refractivity contribution in [3.63, 3.8) is 0 Å². The second kappa shape index (κ2) is 6.32. The number of benzene rings is 1. The SMILES string of the molecule is CC(C)n1ccn(CCCOc2cccc(N)c2)c1=O. The first-order valence-corrected chi connectivity index (χ1v) is 6.83. The third-order valence-electron chi connectivity index (χ3n) is 3.10. The summed E-state index contributed by atoms with van der Waals surface area (Å²) in [5.41, 5.74) is 6.40. The van der Waals surface area contributed by atoms with Gasteiger partial charge in [-0.15, -0.1) is 0 Å². The molecule has 0 saturated carbocycles. The van der Waals surface area contributed by atoms with Crippen LogP contribution in [0.2, 0.25) is 0 Å². The highest BCUT2D eigenvalue weighted by atomic mass is 16.5. The molecule has 20 heavy (non-hydrogen) atoms. The van der Waals surface area contributed by atoms with Crippen molar-refractivity contribution in [2.75, 3.05) is 12.3 Å². The molecule has 2 aromatic rings. The Kier molecular flexibility index (Phi) is 4.50. The minimum Gasteiger partial charge on any atom is -0.493 e. The van der Waals surface area contributed by atoms with E-state index in [2.05, 4.69) is 0 Å². The van der Waals surface area contributed by atoms with Gasteiger partial charge in [0.15, 0.2) is 0 Å². The molecular weight excluding hydrogens is 254 g/mol. The first kappa shape index (κ1) is 14.2. The molecule has 0 unspecified atom stereocenters.